The lowest BCUT2D eigenvalue weighted by atomic mass is 9.72. The summed E-state index contributed by atoms with van der Waals surface area (Å²) >= 11 is 0. The largest absolute Gasteiger partial charge is 0.497 e. The van der Waals surface area contributed by atoms with E-state index in [9.17, 15) is 0 Å². The Morgan fingerprint density at radius 1 is 0.700 bits per heavy atom. The van der Waals surface area contributed by atoms with Crippen LogP contribution in [0.2, 0.25) is 0 Å². The summed E-state index contributed by atoms with van der Waals surface area (Å²) in [5.74, 6) is 1.19. The second-order valence-electron chi connectivity index (χ2n) is 10.5. The van der Waals surface area contributed by atoms with Gasteiger partial charge >= 0.3 is 0 Å². The number of aromatic nitrogens is 1. The number of rotatable bonds is 3. The van der Waals surface area contributed by atoms with E-state index in [2.05, 4.69) is 107 Å². The molecule has 0 fully saturated rings. The van der Waals surface area contributed by atoms with Gasteiger partial charge in [-0.25, -0.2) is 0 Å². The van der Waals surface area contributed by atoms with Crippen molar-refractivity contribution >= 4 is 21.8 Å². The molecule has 0 aliphatic rings. The van der Waals surface area contributed by atoms with Crippen LogP contribution in [0.1, 0.15) is 64.2 Å². The molecule has 1 atom stereocenters. The van der Waals surface area contributed by atoms with Crippen LogP contribution in [0, 0.1) is 5.41 Å². The minimum absolute atomic E-state index is 0.0882. The lowest BCUT2D eigenvalue weighted by Gasteiger charge is -2.32. The first kappa shape index (κ1) is 20.5. The highest BCUT2D eigenvalue weighted by atomic mass is 16.5. The van der Waals surface area contributed by atoms with Crippen molar-refractivity contribution in [2.24, 2.45) is 5.41 Å². The van der Waals surface area contributed by atoms with Gasteiger partial charge in [0.2, 0.25) is 0 Å². The number of methoxy groups -OCH3 is 1. The zero-order valence-electron chi connectivity index (χ0n) is 19.3. The summed E-state index contributed by atoms with van der Waals surface area (Å²) in [5, 5.41) is 2.61. The molecule has 2 heteroatoms. The molecule has 0 spiro atoms. The fourth-order valence-electron chi connectivity index (χ4n) is 4.55. The molecule has 0 saturated carbocycles. The van der Waals surface area contributed by atoms with Gasteiger partial charge in [-0.05, 0) is 63.9 Å². The van der Waals surface area contributed by atoms with E-state index in [4.69, 9.17) is 4.74 Å². The third kappa shape index (κ3) is 3.71. The molecule has 1 N–H and O–H groups in total. The molecule has 0 saturated heterocycles. The molecule has 4 aromatic rings. The minimum Gasteiger partial charge on any atom is -0.497 e. The molecule has 0 amide bonds. The summed E-state index contributed by atoms with van der Waals surface area (Å²) < 4.78 is 5.37. The van der Waals surface area contributed by atoms with Gasteiger partial charge in [-0.1, -0.05) is 65.8 Å². The van der Waals surface area contributed by atoms with Crippen LogP contribution >= 0.6 is 0 Å². The van der Waals surface area contributed by atoms with Crippen molar-refractivity contribution in [1.82, 2.24) is 4.98 Å². The zero-order valence-corrected chi connectivity index (χ0v) is 19.3. The zero-order chi connectivity index (χ0) is 21.7. The molecule has 1 aromatic heterocycles. The van der Waals surface area contributed by atoms with Crippen LogP contribution in [-0.2, 0) is 5.41 Å². The van der Waals surface area contributed by atoms with E-state index in [0.717, 1.165) is 5.75 Å². The highest BCUT2D eigenvalue weighted by molar-refractivity contribution is 6.07. The number of hydrogen-bond acceptors (Lipinski definition) is 1. The summed E-state index contributed by atoms with van der Waals surface area (Å²) in [7, 11) is 1.72. The van der Waals surface area contributed by atoms with Gasteiger partial charge in [0.1, 0.15) is 5.75 Å². The third-order valence-corrected chi connectivity index (χ3v) is 6.14. The first-order valence-corrected chi connectivity index (χ1v) is 10.8. The number of hydrogen-bond donors (Lipinski definition) is 1. The van der Waals surface area contributed by atoms with Crippen LogP contribution in [0.5, 0.6) is 5.75 Å². The Morgan fingerprint density at radius 3 is 1.83 bits per heavy atom. The Labute approximate surface area is 180 Å². The van der Waals surface area contributed by atoms with Gasteiger partial charge in [0.15, 0.2) is 0 Å². The second kappa shape index (κ2) is 7.19. The molecule has 30 heavy (non-hydrogen) atoms. The normalized spacial score (nSPS) is 13.7. The molecule has 3 aromatic carbocycles. The van der Waals surface area contributed by atoms with Crippen LogP contribution in [0.25, 0.3) is 21.8 Å². The highest BCUT2D eigenvalue weighted by Gasteiger charge is 2.28. The average molecular weight is 400 g/mol. The van der Waals surface area contributed by atoms with Crippen molar-refractivity contribution in [2.75, 3.05) is 7.11 Å². The molecule has 0 bridgehead atoms. The summed E-state index contributed by atoms with van der Waals surface area (Å²) in [5.41, 5.74) is 6.65. The lowest BCUT2D eigenvalue weighted by molar-refractivity contribution is 0.358. The van der Waals surface area contributed by atoms with Crippen molar-refractivity contribution in [2.45, 2.75) is 52.9 Å². The molecule has 1 heterocycles. The van der Waals surface area contributed by atoms with Crippen LogP contribution in [-0.4, -0.2) is 12.1 Å². The van der Waals surface area contributed by atoms with Gasteiger partial charge in [0.25, 0.3) is 0 Å². The van der Waals surface area contributed by atoms with Gasteiger partial charge in [0.05, 0.1) is 7.11 Å². The topological polar surface area (TPSA) is 25.0 Å². The fourth-order valence-corrected chi connectivity index (χ4v) is 4.55. The van der Waals surface area contributed by atoms with Crippen molar-refractivity contribution in [3.05, 3.63) is 77.4 Å². The highest BCUT2D eigenvalue weighted by Crippen LogP contribution is 2.42. The molecule has 0 aliphatic heterocycles. The standard InChI is InChI=1S/C28H33NO/c1-27(2,3)20-11-15-25-23(17-20)22-16-19(10-14-24(22)29-25)26(28(4,5)6)18-8-12-21(30-7)13-9-18/h8-17,26,29H,1-7H3. The SMILES string of the molecule is COc1ccc(C(c2ccc3[nH]c4ccc(C(C)(C)C)cc4c3c2)C(C)(C)C)cc1. The number of ether oxygens (including phenoxy) is 1. The van der Waals surface area contributed by atoms with E-state index in [0.29, 0.717) is 5.92 Å². The Morgan fingerprint density at radius 2 is 1.27 bits per heavy atom. The second-order valence-corrected chi connectivity index (χ2v) is 10.5. The predicted octanol–water partition coefficient (Wildman–Crippen LogP) is 7.81. The maximum Gasteiger partial charge on any atom is 0.118 e. The molecule has 0 aliphatic carbocycles. The molecular formula is C28H33NO. The van der Waals surface area contributed by atoms with Crippen molar-refractivity contribution in [3.8, 4) is 5.75 Å². The number of fused-ring (bicyclic) bond motifs is 3. The Balaban J connectivity index is 1.89. The predicted molar refractivity (Wildman–Crippen MR) is 129 cm³/mol. The summed E-state index contributed by atoms with van der Waals surface area (Å²) in [6.07, 6.45) is 0. The van der Waals surface area contributed by atoms with E-state index in [1.807, 2.05) is 0 Å². The number of nitrogens with one attached hydrogen (secondary N) is 1. The maximum absolute atomic E-state index is 5.37. The van der Waals surface area contributed by atoms with E-state index in [-0.39, 0.29) is 10.8 Å². The fraction of sp³-hybridized carbons (Fsp3) is 0.357. The van der Waals surface area contributed by atoms with E-state index in [1.165, 1.54) is 38.5 Å². The molecule has 4 rings (SSSR count). The van der Waals surface area contributed by atoms with Crippen molar-refractivity contribution < 1.29 is 4.74 Å². The number of benzene rings is 3. The van der Waals surface area contributed by atoms with Gasteiger partial charge in [-0.2, -0.15) is 0 Å². The third-order valence-electron chi connectivity index (χ3n) is 6.14. The lowest BCUT2D eigenvalue weighted by Crippen LogP contribution is -2.19. The van der Waals surface area contributed by atoms with Gasteiger partial charge in [-0.15, -0.1) is 0 Å². The van der Waals surface area contributed by atoms with Gasteiger partial charge < -0.3 is 9.72 Å². The summed E-state index contributed by atoms with van der Waals surface area (Å²) in [4.78, 5) is 3.60. The number of aromatic amines is 1. The average Bonchev–Trinajstić information content (AvgIpc) is 3.04. The maximum atomic E-state index is 5.37. The quantitative estimate of drug-likeness (QED) is 0.373. The van der Waals surface area contributed by atoms with E-state index in [1.54, 1.807) is 7.11 Å². The Bertz CT molecular complexity index is 1180. The molecule has 156 valence electrons. The molecule has 2 nitrogen and oxygen atoms in total. The van der Waals surface area contributed by atoms with Crippen LogP contribution in [0.15, 0.2) is 60.7 Å². The molecular weight excluding hydrogens is 366 g/mol. The Kier molecular flexibility index (Phi) is 4.92. The summed E-state index contributed by atoms with van der Waals surface area (Å²) in [6.45, 7) is 13.8. The first-order valence-electron chi connectivity index (χ1n) is 10.8. The minimum atomic E-state index is 0.0882. The van der Waals surface area contributed by atoms with E-state index >= 15 is 0 Å². The van der Waals surface area contributed by atoms with Crippen LogP contribution in [0.3, 0.4) is 0 Å². The smallest absolute Gasteiger partial charge is 0.118 e. The van der Waals surface area contributed by atoms with Gasteiger partial charge in [-0.3, -0.25) is 0 Å². The van der Waals surface area contributed by atoms with Crippen LogP contribution < -0.4 is 4.74 Å². The summed E-state index contributed by atoms with van der Waals surface area (Å²) in [6, 6.07) is 22.3. The van der Waals surface area contributed by atoms with Crippen LogP contribution in [0.4, 0.5) is 0 Å². The Hall–Kier alpha value is -2.74. The van der Waals surface area contributed by atoms with Gasteiger partial charge in [0, 0.05) is 27.7 Å². The molecule has 1 unspecified atom stereocenters. The van der Waals surface area contributed by atoms with Crippen molar-refractivity contribution in [1.29, 1.82) is 0 Å². The van der Waals surface area contributed by atoms with E-state index < -0.39 is 0 Å². The number of H-pyrrole nitrogens is 1. The monoisotopic (exact) mass is 399 g/mol. The van der Waals surface area contributed by atoms with Crippen molar-refractivity contribution in [3.63, 3.8) is 0 Å². The molecule has 0 radical (unpaired) electrons. The first-order chi connectivity index (χ1) is 14.1.